The lowest BCUT2D eigenvalue weighted by Crippen LogP contribution is -2.25. The topological polar surface area (TPSA) is 59.5 Å². The number of hydrogen-bond donors (Lipinski definition) is 1. The van der Waals surface area contributed by atoms with Gasteiger partial charge in [-0.05, 0) is 43.5 Å². The molecular weight excluding hydrogens is 352 g/mol. The number of anilines is 4. The summed E-state index contributed by atoms with van der Waals surface area (Å²) in [7, 11) is 0. The molecule has 2 aliphatic rings. The number of aromatic nitrogens is 2. The van der Waals surface area contributed by atoms with Crippen LogP contribution in [-0.4, -0.2) is 29.7 Å². The number of rotatable bonds is 3. The molecule has 1 N–H and O–H groups in total. The molecule has 0 bridgehead atoms. The van der Waals surface area contributed by atoms with Gasteiger partial charge in [-0.25, -0.2) is 9.97 Å². The van der Waals surface area contributed by atoms with E-state index in [1.807, 2.05) is 31.2 Å². The van der Waals surface area contributed by atoms with E-state index >= 15 is 0 Å². The average molecular weight is 374 g/mol. The van der Waals surface area contributed by atoms with Gasteiger partial charge in [0, 0.05) is 30.1 Å². The average Bonchev–Trinajstić information content (AvgIpc) is 2.73. The van der Waals surface area contributed by atoms with E-state index in [2.05, 4.69) is 39.5 Å². The van der Waals surface area contributed by atoms with Gasteiger partial charge in [0.15, 0.2) is 11.5 Å². The summed E-state index contributed by atoms with van der Waals surface area (Å²) in [4.78, 5) is 11.5. The lowest BCUT2D eigenvalue weighted by atomic mass is 10.0. The Labute approximate surface area is 164 Å². The Morgan fingerprint density at radius 3 is 2.75 bits per heavy atom. The van der Waals surface area contributed by atoms with Gasteiger partial charge in [0.1, 0.15) is 30.7 Å². The zero-order valence-corrected chi connectivity index (χ0v) is 15.8. The number of ether oxygens (including phenoxy) is 2. The molecule has 6 heteroatoms. The minimum atomic E-state index is 0.571. The maximum atomic E-state index is 5.68. The van der Waals surface area contributed by atoms with Crippen LogP contribution in [0.3, 0.4) is 0 Å². The van der Waals surface area contributed by atoms with Gasteiger partial charge in [-0.15, -0.1) is 0 Å². The van der Waals surface area contributed by atoms with Crippen molar-refractivity contribution in [1.29, 1.82) is 0 Å². The highest BCUT2D eigenvalue weighted by molar-refractivity contribution is 5.69. The number of benzene rings is 2. The van der Waals surface area contributed by atoms with Crippen molar-refractivity contribution in [2.75, 3.05) is 30.0 Å². The van der Waals surface area contributed by atoms with Gasteiger partial charge < -0.3 is 19.7 Å². The first-order chi connectivity index (χ1) is 13.8. The second kappa shape index (κ2) is 7.03. The number of para-hydroxylation sites is 1. The minimum absolute atomic E-state index is 0.571. The van der Waals surface area contributed by atoms with E-state index in [-0.39, 0.29) is 0 Å². The van der Waals surface area contributed by atoms with Gasteiger partial charge in [0.2, 0.25) is 0 Å². The van der Waals surface area contributed by atoms with Crippen molar-refractivity contribution in [3.63, 3.8) is 0 Å². The predicted octanol–water partition coefficient (Wildman–Crippen LogP) is 4.38. The maximum Gasteiger partial charge on any atom is 0.163 e. The van der Waals surface area contributed by atoms with E-state index in [4.69, 9.17) is 14.5 Å². The van der Waals surface area contributed by atoms with Crippen LogP contribution >= 0.6 is 0 Å². The quantitative estimate of drug-likeness (QED) is 0.734. The molecule has 0 radical (unpaired) electrons. The molecule has 2 aliphatic heterocycles. The molecule has 0 fully saturated rings. The monoisotopic (exact) mass is 374 g/mol. The van der Waals surface area contributed by atoms with Gasteiger partial charge >= 0.3 is 0 Å². The van der Waals surface area contributed by atoms with Crippen molar-refractivity contribution in [3.05, 3.63) is 59.9 Å². The van der Waals surface area contributed by atoms with Crippen LogP contribution < -0.4 is 19.7 Å². The minimum Gasteiger partial charge on any atom is -0.486 e. The third kappa shape index (κ3) is 3.22. The molecular formula is C22H22N4O2. The predicted molar refractivity (Wildman–Crippen MR) is 109 cm³/mol. The first kappa shape index (κ1) is 16.9. The lowest BCUT2D eigenvalue weighted by molar-refractivity contribution is 0.171. The summed E-state index contributed by atoms with van der Waals surface area (Å²) in [6.07, 6.45) is 2.23. The first-order valence-electron chi connectivity index (χ1n) is 9.64. The van der Waals surface area contributed by atoms with Crippen LogP contribution in [0.25, 0.3) is 0 Å². The van der Waals surface area contributed by atoms with Crippen LogP contribution in [0.5, 0.6) is 11.5 Å². The van der Waals surface area contributed by atoms with Gasteiger partial charge in [-0.3, -0.25) is 0 Å². The molecule has 5 rings (SSSR count). The Balaban J connectivity index is 1.46. The Bertz CT molecular complexity index is 1020. The van der Waals surface area contributed by atoms with Crippen LogP contribution in [-0.2, 0) is 6.42 Å². The van der Waals surface area contributed by atoms with Crippen LogP contribution in [0.2, 0.25) is 0 Å². The third-order valence-electron chi connectivity index (χ3n) is 5.03. The maximum absolute atomic E-state index is 5.68. The molecule has 0 amide bonds. The zero-order valence-electron chi connectivity index (χ0n) is 15.8. The SMILES string of the molecule is Cc1nc(Nc2ccc3c(c2)OCCO3)cc(N2CCCc3ccccc32)n1. The van der Waals surface area contributed by atoms with E-state index in [0.717, 1.165) is 54.0 Å². The number of hydrogen-bond acceptors (Lipinski definition) is 6. The fraction of sp³-hybridized carbons (Fsp3) is 0.273. The molecule has 1 aromatic heterocycles. The van der Waals surface area contributed by atoms with E-state index in [0.29, 0.717) is 13.2 Å². The van der Waals surface area contributed by atoms with Crippen molar-refractivity contribution >= 4 is 23.0 Å². The van der Waals surface area contributed by atoms with Crippen molar-refractivity contribution in [3.8, 4) is 11.5 Å². The van der Waals surface area contributed by atoms with Crippen LogP contribution in [0.15, 0.2) is 48.5 Å². The fourth-order valence-electron chi connectivity index (χ4n) is 3.79. The van der Waals surface area contributed by atoms with Gasteiger partial charge in [-0.1, -0.05) is 18.2 Å². The summed E-state index contributed by atoms with van der Waals surface area (Å²) in [5, 5.41) is 3.38. The number of fused-ring (bicyclic) bond motifs is 2. The molecule has 6 nitrogen and oxygen atoms in total. The summed E-state index contributed by atoms with van der Waals surface area (Å²) in [5.41, 5.74) is 3.51. The lowest BCUT2D eigenvalue weighted by Gasteiger charge is -2.30. The van der Waals surface area contributed by atoms with Gasteiger partial charge in [-0.2, -0.15) is 0 Å². The van der Waals surface area contributed by atoms with E-state index in [1.165, 1.54) is 11.3 Å². The molecule has 3 aromatic rings. The van der Waals surface area contributed by atoms with Crippen molar-refractivity contribution in [2.24, 2.45) is 0 Å². The Hall–Kier alpha value is -3.28. The molecule has 0 spiro atoms. The number of nitrogens with zero attached hydrogens (tertiary/aromatic N) is 3. The van der Waals surface area contributed by atoms with Crippen molar-refractivity contribution < 1.29 is 9.47 Å². The molecule has 0 aliphatic carbocycles. The van der Waals surface area contributed by atoms with E-state index in [9.17, 15) is 0 Å². The Kier molecular flexibility index (Phi) is 4.24. The zero-order chi connectivity index (χ0) is 18.9. The second-order valence-electron chi connectivity index (χ2n) is 7.03. The fourth-order valence-corrected chi connectivity index (χ4v) is 3.79. The van der Waals surface area contributed by atoms with Gasteiger partial charge in [0.05, 0.1) is 0 Å². The molecule has 2 aromatic carbocycles. The molecule has 142 valence electrons. The summed E-state index contributed by atoms with van der Waals surface area (Å²) < 4.78 is 11.3. The number of nitrogens with one attached hydrogen (secondary N) is 1. The van der Waals surface area contributed by atoms with Crippen LogP contribution in [0.1, 0.15) is 17.8 Å². The van der Waals surface area contributed by atoms with Crippen molar-refractivity contribution in [1.82, 2.24) is 9.97 Å². The van der Waals surface area contributed by atoms with E-state index < -0.39 is 0 Å². The highest BCUT2D eigenvalue weighted by Crippen LogP contribution is 2.35. The van der Waals surface area contributed by atoms with Crippen molar-refractivity contribution in [2.45, 2.75) is 19.8 Å². The molecule has 0 saturated carbocycles. The summed E-state index contributed by atoms with van der Waals surface area (Å²) in [6, 6.07) is 16.4. The summed E-state index contributed by atoms with van der Waals surface area (Å²) in [5.74, 6) is 3.95. The van der Waals surface area contributed by atoms with E-state index in [1.54, 1.807) is 0 Å². The molecule has 3 heterocycles. The largest absolute Gasteiger partial charge is 0.486 e. The molecule has 28 heavy (non-hydrogen) atoms. The Morgan fingerprint density at radius 2 is 1.82 bits per heavy atom. The first-order valence-corrected chi connectivity index (χ1v) is 9.64. The van der Waals surface area contributed by atoms with Gasteiger partial charge in [0.25, 0.3) is 0 Å². The Morgan fingerprint density at radius 1 is 0.964 bits per heavy atom. The number of aryl methyl sites for hydroxylation is 2. The van der Waals surface area contributed by atoms with Crippen LogP contribution in [0.4, 0.5) is 23.0 Å². The summed E-state index contributed by atoms with van der Waals surface area (Å²) >= 11 is 0. The molecule has 0 unspecified atom stereocenters. The third-order valence-corrected chi connectivity index (χ3v) is 5.03. The molecule has 0 saturated heterocycles. The highest BCUT2D eigenvalue weighted by atomic mass is 16.6. The van der Waals surface area contributed by atoms with Crippen LogP contribution in [0, 0.1) is 6.92 Å². The standard InChI is InChI=1S/C22H22N4O2/c1-15-23-21(25-17-8-9-19-20(13-17)28-12-11-27-19)14-22(24-15)26-10-4-6-16-5-2-3-7-18(16)26/h2-3,5,7-9,13-14H,4,6,10-12H2,1H3,(H,23,24,25). The summed E-state index contributed by atoms with van der Waals surface area (Å²) in [6.45, 7) is 4.04. The molecule has 0 atom stereocenters. The normalized spacial score (nSPS) is 15.1. The second-order valence-corrected chi connectivity index (χ2v) is 7.03. The highest BCUT2D eigenvalue weighted by Gasteiger charge is 2.20. The smallest absolute Gasteiger partial charge is 0.163 e.